The Labute approximate surface area is 114 Å². The number of benzene rings is 1. The molecule has 1 aliphatic carbocycles. The summed E-state index contributed by atoms with van der Waals surface area (Å²) < 4.78 is 5.04. The predicted octanol–water partition coefficient (Wildman–Crippen LogP) is 3.05. The second-order valence-corrected chi connectivity index (χ2v) is 5.04. The van der Waals surface area contributed by atoms with Gasteiger partial charge in [-0.2, -0.15) is 0 Å². The average Bonchev–Trinajstić information content (AvgIpc) is 3.20. The van der Waals surface area contributed by atoms with Gasteiger partial charge in [-0.15, -0.1) is 0 Å². The molecule has 0 aliphatic heterocycles. The summed E-state index contributed by atoms with van der Waals surface area (Å²) in [6.07, 6.45) is 5.18. The van der Waals surface area contributed by atoms with Gasteiger partial charge in [-0.3, -0.25) is 0 Å². The number of rotatable bonds is 7. The number of nitrogen functional groups attached to an aromatic ring is 1. The highest BCUT2D eigenvalue weighted by Gasteiger charge is 2.20. The summed E-state index contributed by atoms with van der Waals surface area (Å²) in [7, 11) is 0. The molecule has 1 fully saturated rings. The molecular weight excluding hydrogens is 240 g/mol. The fourth-order valence-corrected chi connectivity index (χ4v) is 2.11. The summed E-state index contributed by atoms with van der Waals surface area (Å²) in [5, 5.41) is 3.31. The Morgan fingerprint density at radius 2 is 2.26 bits per heavy atom. The molecule has 0 radical (unpaired) electrons. The smallest absolute Gasteiger partial charge is 0.340 e. The molecule has 0 spiro atoms. The molecule has 19 heavy (non-hydrogen) atoms. The quantitative estimate of drug-likeness (QED) is 0.450. The average molecular weight is 262 g/mol. The zero-order valence-corrected chi connectivity index (χ0v) is 11.4. The van der Waals surface area contributed by atoms with Crippen LogP contribution in [-0.4, -0.2) is 19.1 Å². The number of anilines is 2. The van der Waals surface area contributed by atoms with E-state index < -0.39 is 0 Å². The van der Waals surface area contributed by atoms with E-state index in [0.29, 0.717) is 17.9 Å². The third-order valence-corrected chi connectivity index (χ3v) is 3.34. The molecule has 0 aromatic heterocycles. The lowest BCUT2D eigenvalue weighted by Crippen LogP contribution is -2.11. The summed E-state index contributed by atoms with van der Waals surface area (Å²) in [5.74, 6) is 0.622. The lowest BCUT2D eigenvalue weighted by molar-refractivity contribution is 0.0527. The molecule has 0 unspecified atom stereocenters. The van der Waals surface area contributed by atoms with Gasteiger partial charge in [-0.1, -0.05) is 12.8 Å². The third kappa shape index (κ3) is 4.16. The second kappa shape index (κ2) is 6.45. The Balaban J connectivity index is 1.94. The molecule has 1 aromatic rings. The van der Waals surface area contributed by atoms with Crippen molar-refractivity contribution in [3.63, 3.8) is 0 Å². The molecule has 0 heterocycles. The minimum atomic E-state index is -0.320. The minimum absolute atomic E-state index is 0.320. The van der Waals surface area contributed by atoms with Crippen molar-refractivity contribution in [3.05, 3.63) is 23.8 Å². The molecule has 4 heteroatoms. The first-order valence-electron chi connectivity index (χ1n) is 7.01. The van der Waals surface area contributed by atoms with Crippen molar-refractivity contribution in [2.75, 3.05) is 24.2 Å². The number of hydrogen-bond donors (Lipinski definition) is 2. The molecule has 4 nitrogen and oxygen atoms in total. The molecule has 104 valence electrons. The monoisotopic (exact) mass is 262 g/mol. The van der Waals surface area contributed by atoms with Crippen molar-refractivity contribution < 1.29 is 9.53 Å². The van der Waals surface area contributed by atoms with Gasteiger partial charge in [-0.05, 0) is 43.9 Å². The Hall–Kier alpha value is -1.71. The fraction of sp³-hybridized carbons (Fsp3) is 0.533. The summed E-state index contributed by atoms with van der Waals surface area (Å²) in [5.41, 5.74) is 7.63. The van der Waals surface area contributed by atoms with E-state index in [9.17, 15) is 4.79 Å². The molecule has 1 saturated carbocycles. The van der Waals surface area contributed by atoms with E-state index in [2.05, 4.69) is 5.32 Å². The molecule has 3 N–H and O–H groups in total. The fourth-order valence-electron chi connectivity index (χ4n) is 2.11. The Morgan fingerprint density at radius 1 is 1.47 bits per heavy atom. The van der Waals surface area contributed by atoms with Crippen LogP contribution in [0.1, 0.15) is 43.0 Å². The van der Waals surface area contributed by atoms with Crippen LogP contribution in [0.25, 0.3) is 0 Å². The normalized spacial score (nSPS) is 14.2. The Morgan fingerprint density at radius 3 is 2.95 bits per heavy atom. The van der Waals surface area contributed by atoms with Crippen LogP contribution in [0.4, 0.5) is 11.4 Å². The number of ether oxygens (including phenoxy) is 1. The maximum atomic E-state index is 11.9. The number of carbonyl (C=O) groups excluding carboxylic acids is 1. The highest BCUT2D eigenvalue weighted by atomic mass is 16.5. The molecule has 0 saturated heterocycles. The summed E-state index contributed by atoms with van der Waals surface area (Å²) in [6, 6.07) is 5.31. The van der Waals surface area contributed by atoms with Gasteiger partial charge in [0.25, 0.3) is 0 Å². The van der Waals surface area contributed by atoms with E-state index in [1.807, 2.05) is 6.07 Å². The second-order valence-electron chi connectivity index (χ2n) is 5.04. The summed E-state index contributed by atoms with van der Waals surface area (Å²) >= 11 is 0. The first-order valence-corrected chi connectivity index (χ1v) is 7.01. The topological polar surface area (TPSA) is 64.3 Å². The minimum Gasteiger partial charge on any atom is -0.462 e. The number of nitrogens with two attached hydrogens (primary N) is 1. The van der Waals surface area contributed by atoms with E-state index in [4.69, 9.17) is 10.5 Å². The van der Waals surface area contributed by atoms with Crippen LogP contribution in [0.2, 0.25) is 0 Å². The first kappa shape index (κ1) is 13.7. The van der Waals surface area contributed by atoms with E-state index in [1.165, 1.54) is 19.3 Å². The number of esters is 1. The number of hydrogen-bond acceptors (Lipinski definition) is 4. The maximum absolute atomic E-state index is 11.9. The van der Waals surface area contributed by atoms with Crippen LogP contribution in [0, 0.1) is 5.92 Å². The van der Waals surface area contributed by atoms with Gasteiger partial charge in [-0.25, -0.2) is 4.79 Å². The van der Waals surface area contributed by atoms with Crippen LogP contribution in [0.3, 0.4) is 0 Å². The van der Waals surface area contributed by atoms with Gasteiger partial charge >= 0.3 is 5.97 Å². The van der Waals surface area contributed by atoms with Gasteiger partial charge in [0.05, 0.1) is 12.2 Å². The largest absolute Gasteiger partial charge is 0.462 e. The number of nitrogens with one attached hydrogen (secondary N) is 1. The highest BCUT2D eigenvalue weighted by Crippen LogP contribution is 2.33. The lowest BCUT2D eigenvalue weighted by Gasteiger charge is -2.12. The van der Waals surface area contributed by atoms with Gasteiger partial charge in [0, 0.05) is 17.9 Å². The summed E-state index contributed by atoms with van der Waals surface area (Å²) in [4.78, 5) is 11.9. The number of carbonyl (C=O) groups is 1. The molecule has 0 atom stereocenters. The Bertz CT molecular complexity index is 442. The Kier molecular flexibility index (Phi) is 4.66. The van der Waals surface area contributed by atoms with Crippen molar-refractivity contribution >= 4 is 17.3 Å². The molecule has 0 amide bonds. The standard InChI is InChI=1S/C15H22N2O2/c1-2-19-15(18)13-10-12(16)7-8-14(13)17-9-3-4-11-5-6-11/h7-8,10-11,17H,2-6,9,16H2,1H3. The maximum Gasteiger partial charge on any atom is 0.340 e. The van der Waals surface area contributed by atoms with Crippen LogP contribution >= 0.6 is 0 Å². The van der Waals surface area contributed by atoms with Gasteiger partial charge in [0.2, 0.25) is 0 Å². The zero-order chi connectivity index (χ0) is 13.7. The van der Waals surface area contributed by atoms with E-state index in [0.717, 1.165) is 24.6 Å². The van der Waals surface area contributed by atoms with Crippen LogP contribution < -0.4 is 11.1 Å². The molecule has 2 rings (SSSR count). The molecule has 1 aliphatic rings. The van der Waals surface area contributed by atoms with Gasteiger partial charge < -0.3 is 15.8 Å². The highest BCUT2D eigenvalue weighted by molar-refractivity contribution is 5.96. The SMILES string of the molecule is CCOC(=O)c1cc(N)ccc1NCCCC1CC1. The predicted molar refractivity (Wildman–Crippen MR) is 77.3 cm³/mol. The van der Waals surface area contributed by atoms with Gasteiger partial charge in [0.1, 0.15) is 0 Å². The van der Waals surface area contributed by atoms with Crippen molar-refractivity contribution in [2.45, 2.75) is 32.6 Å². The lowest BCUT2D eigenvalue weighted by atomic mass is 10.1. The third-order valence-electron chi connectivity index (χ3n) is 3.34. The molecular formula is C15H22N2O2. The van der Waals surface area contributed by atoms with E-state index >= 15 is 0 Å². The molecule has 0 bridgehead atoms. The first-order chi connectivity index (χ1) is 9.20. The van der Waals surface area contributed by atoms with Crippen molar-refractivity contribution in [2.24, 2.45) is 5.92 Å². The van der Waals surface area contributed by atoms with Gasteiger partial charge in [0.15, 0.2) is 0 Å². The van der Waals surface area contributed by atoms with Crippen molar-refractivity contribution in [3.8, 4) is 0 Å². The van der Waals surface area contributed by atoms with Crippen LogP contribution in [-0.2, 0) is 4.74 Å². The van der Waals surface area contributed by atoms with E-state index in [-0.39, 0.29) is 5.97 Å². The van der Waals surface area contributed by atoms with Crippen molar-refractivity contribution in [1.29, 1.82) is 0 Å². The zero-order valence-electron chi connectivity index (χ0n) is 11.4. The van der Waals surface area contributed by atoms with Crippen LogP contribution in [0.15, 0.2) is 18.2 Å². The van der Waals surface area contributed by atoms with Crippen LogP contribution in [0.5, 0.6) is 0 Å². The van der Waals surface area contributed by atoms with E-state index in [1.54, 1.807) is 19.1 Å². The van der Waals surface area contributed by atoms with Crippen molar-refractivity contribution in [1.82, 2.24) is 0 Å². The summed E-state index contributed by atoms with van der Waals surface area (Å²) in [6.45, 7) is 3.05. The molecule has 1 aromatic carbocycles.